The SMILES string of the molecule is CC/C=C\C/C=C\C/C=C\C/C=C\C/C=C\CCOCC(COC(=O)CCCCCCCCCCCCCCC)OC(=O)CCCCCCCCCCCCCCC. The van der Waals surface area contributed by atoms with E-state index in [1.807, 2.05) is 0 Å². The molecule has 1 unspecified atom stereocenters. The van der Waals surface area contributed by atoms with Gasteiger partial charge in [-0.15, -0.1) is 0 Å². The van der Waals surface area contributed by atoms with Gasteiger partial charge in [-0.3, -0.25) is 9.59 Å². The zero-order chi connectivity index (χ0) is 42.1. The zero-order valence-electron chi connectivity index (χ0n) is 38.6. The van der Waals surface area contributed by atoms with Crippen molar-refractivity contribution in [2.75, 3.05) is 19.8 Å². The number of unbranched alkanes of at least 4 members (excludes halogenated alkanes) is 24. The molecule has 0 fully saturated rings. The second-order valence-corrected chi connectivity index (χ2v) is 16.4. The van der Waals surface area contributed by atoms with Crippen molar-refractivity contribution >= 4 is 11.9 Å². The van der Waals surface area contributed by atoms with Gasteiger partial charge >= 0.3 is 11.9 Å². The van der Waals surface area contributed by atoms with Crippen LogP contribution in [0.1, 0.15) is 239 Å². The first-order valence-electron chi connectivity index (χ1n) is 24.8. The van der Waals surface area contributed by atoms with Crippen molar-refractivity contribution in [1.29, 1.82) is 0 Å². The molecule has 0 aromatic rings. The molecule has 0 N–H and O–H groups in total. The van der Waals surface area contributed by atoms with Crippen LogP contribution in [-0.2, 0) is 23.8 Å². The van der Waals surface area contributed by atoms with E-state index in [1.54, 1.807) is 0 Å². The number of ether oxygens (including phenoxy) is 3. The normalized spacial score (nSPS) is 12.7. The third kappa shape index (κ3) is 46.3. The van der Waals surface area contributed by atoms with Crippen molar-refractivity contribution in [3.63, 3.8) is 0 Å². The summed E-state index contributed by atoms with van der Waals surface area (Å²) in [6.07, 6.45) is 61.0. The van der Waals surface area contributed by atoms with Crippen LogP contribution in [0.4, 0.5) is 0 Å². The van der Waals surface area contributed by atoms with Crippen molar-refractivity contribution in [1.82, 2.24) is 0 Å². The van der Waals surface area contributed by atoms with Crippen LogP contribution in [-0.4, -0.2) is 37.9 Å². The molecule has 0 heterocycles. The fourth-order valence-electron chi connectivity index (χ4n) is 6.93. The second-order valence-electron chi connectivity index (χ2n) is 16.4. The van der Waals surface area contributed by atoms with Crippen LogP contribution in [0.15, 0.2) is 60.8 Å². The quantitative estimate of drug-likeness (QED) is 0.0348. The standard InChI is InChI=1S/C53H94O5/c1-4-7-10-13-16-19-22-25-26-27-30-33-36-39-42-45-48-56-49-51(58-53(55)47-44-41-38-35-32-29-24-21-18-15-12-9-6-3)50-57-52(54)46-43-40-37-34-31-28-23-20-17-14-11-8-5-2/h7,10,16,19,25-26,30,33,39,42,51H,4-6,8-9,11-15,17-18,20-24,27-29,31-32,34-38,40-41,43-50H2,1-3H3/b10-7-,19-16-,26-25-,33-30-,42-39-. The Bertz CT molecular complexity index is 1010. The average Bonchev–Trinajstić information content (AvgIpc) is 3.22. The molecular formula is C53H94O5. The Morgan fingerprint density at radius 2 is 0.741 bits per heavy atom. The molecule has 0 spiro atoms. The molecule has 1 atom stereocenters. The first kappa shape index (κ1) is 55.6. The lowest BCUT2D eigenvalue weighted by Gasteiger charge is -2.18. The second kappa shape index (κ2) is 49.0. The summed E-state index contributed by atoms with van der Waals surface area (Å²) in [5.41, 5.74) is 0. The van der Waals surface area contributed by atoms with E-state index in [4.69, 9.17) is 14.2 Å². The lowest BCUT2D eigenvalue weighted by Crippen LogP contribution is -2.30. The minimum atomic E-state index is -0.571. The molecule has 0 aliphatic rings. The van der Waals surface area contributed by atoms with E-state index in [9.17, 15) is 9.59 Å². The van der Waals surface area contributed by atoms with Crippen molar-refractivity contribution in [3.05, 3.63) is 60.8 Å². The van der Waals surface area contributed by atoms with Crippen LogP contribution in [0.2, 0.25) is 0 Å². The third-order valence-corrected chi connectivity index (χ3v) is 10.6. The van der Waals surface area contributed by atoms with E-state index < -0.39 is 6.10 Å². The molecular weight excluding hydrogens is 717 g/mol. The maximum atomic E-state index is 12.8. The number of hydrogen-bond donors (Lipinski definition) is 0. The van der Waals surface area contributed by atoms with E-state index in [0.717, 1.165) is 64.2 Å². The van der Waals surface area contributed by atoms with Crippen LogP contribution in [0, 0.1) is 0 Å². The maximum Gasteiger partial charge on any atom is 0.306 e. The van der Waals surface area contributed by atoms with Gasteiger partial charge in [0, 0.05) is 12.8 Å². The topological polar surface area (TPSA) is 61.8 Å². The summed E-state index contributed by atoms with van der Waals surface area (Å²) in [5, 5.41) is 0. The Labute approximate surface area is 360 Å². The highest BCUT2D eigenvalue weighted by atomic mass is 16.6. The van der Waals surface area contributed by atoms with Crippen LogP contribution < -0.4 is 0 Å². The molecule has 5 nitrogen and oxygen atoms in total. The minimum absolute atomic E-state index is 0.0588. The van der Waals surface area contributed by atoms with Gasteiger partial charge in [-0.25, -0.2) is 0 Å². The molecule has 0 saturated carbocycles. The van der Waals surface area contributed by atoms with E-state index in [2.05, 4.69) is 81.5 Å². The number of carbonyl (C=O) groups is 2. The Morgan fingerprint density at radius 3 is 1.14 bits per heavy atom. The Hall–Kier alpha value is -2.40. The Kier molecular flexibility index (Phi) is 46.9. The monoisotopic (exact) mass is 811 g/mol. The zero-order valence-corrected chi connectivity index (χ0v) is 38.6. The van der Waals surface area contributed by atoms with E-state index in [-0.39, 0.29) is 25.2 Å². The predicted octanol–water partition coefficient (Wildman–Crippen LogP) is 16.6. The van der Waals surface area contributed by atoms with Gasteiger partial charge in [0.2, 0.25) is 0 Å². The molecule has 0 aliphatic carbocycles. The molecule has 0 aliphatic heterocycles. The van der Waals surface area contributed by atoms with Crippen LogP contribution in [0.3, 0.4) is 0 Å². The van der Waals surface area contributed by atoms with Crippen molar-refractivity contribution in [2.24, 2.45) is 0 Å². The molecule has 0 aromatic carbocycles. The highest BCUT2D eigenvalue weighted by Gasteiger charge is 2.17. The number of esters is 2. The average molecular weight is 811 g/mol. The van der Waals surface area contributed by atoms with Crippen molar-refractivity contribution in [3.8, 4) is 0 Å². The number of rotatable bonds is 45. The van der Waals surface area contributed by atoms with Crippen LogP contribution in [0.25, 0.3) is 0 Å². The molecule has 0 aromatic heterocycles. The Balaban J connectivity index is 4.36. The van der Waals surface area contributed by atoms with Crippen LogP contribution in [0.5, 0.6) is 0 Å². The van der Waals surface area contributed by atoms with Gasteiger partial charge in [-0.05, 0) is 51.4 Å². The summed E-state index contributed by atoms with van der Waals surface area (Å²) in [4.78, 5) is 25.3. The fourth-order valence-corrected chi connectivity index (χ4v) is 6.93. The molecule has 0 radical (unpaired) electrons. The van der Waals surface area contributed by atoms with Gasteiger partial charge in [-0.2, -0.15) is 0 Å². The molecule has 0 rings (SSSR count). The van der Waals surface area contributed by atoms with Gasteiger partial charge in [0.1, 0.15) is 6.61 Å². The smallest absolute Gasteiger partial charge is 0.306 e. The highest BCUT2D eigenvalue weighted by Crippen LogP contribution is 2.15. The summed E-state index contributed by atoms with van der Waals surface area (Å²) in [7, 11) is 0. The lowest BCUT2D eigenvalue weighted by molar-refractivity contribution is -0.162. The molecule has 58 heavy (non-hydrogen) atoms. The van der Waals surface area contributed by atoms with Gasteiger partial charge in [0.15, 0.2) is 6.10 Å². The van der Waals surface area contributed by atoms with Gasteiger partial charge in [0.25, 0.3) is 0 Å². The maximum absolute atomic E-state index is 12.8. The molecule has 0 bridgehead atoms. The summed E-state index contributed by atoms with van der Waals surface area (Å²) >= 11 is 0. The van der Waals surface area contributed by atoms with Gasteiger partial charge < -0.3 is 14.2 Å². The first-order chi connectivity index (χ1) is 28.6. The summed E-state index contributed by atoms with van der Waals surface area (Å²) < 4.78 is 17.3. The van der Waals surface area contributed by atoms with Gasteiger partial charge in [-0.1, -0.05) is 236 Å². The first-order valence-corrected chi connectivity index (χ1v) is 24.8. The molecule has 0 amide bonds. The highest BCUT2D eigenvalue weighted by molar-refractivity contribution is 5.70. The fraction of sp³-hybridized carbons (Fsp3) is 0.774. The number of hydrogen-bond acceptors (Lipinski definition) is 5. The minimum Gasteiger partial charge on any atom is -0.462 e. The third-order valence-electron chi connectivity index (χ3n) is 10.6. The van der Waals surface area contributed by atoms with Crippen LogP contribution >= 0.6 is 0 Å². The van der Waals surface area contributed by atoms with Gasteiger partial charge in [0.05, 0.1) is 13.2 Å². The largest absolute Gasteiger partial charge is 0.462 e. The van der Waals surface area contributed by atoms with E-state index >= 15 is 0 Å². The summed E-state index contributed by atoms with van der Waals surface area (Å²) in [6.45, 7) is 7.53. The molecule has 0 saturated heterocycles. The van der Waals surface area contributed by atoms with Crippen molar-refractivity contribution < 1.29 is 23.8 Å². The van der Waals surface area contributed by atoms with E-state index in [1.165, 1.54) is 141 Å². The summed E-state index contributed by atoms with van der Waals surface area (Å²) in [6, 6.07) is 0. The number of allylic oxidation sites excluding steroid dienone is 9. The van der Waals surface area contributed by atoms with E-state index in [0.29, 0.717) is 19.4 Å². The summed E-state index contributed by atoms with van der Waals surface area (Å²) in [5.74, 6) is -0.429. The molecule has 5 heteroatoms. The lowest BCUT2D eigenvalue weighted by atomic mass is 10.0. The molecule has 336 valence electrons. The predicted molar refractivity (Wildman–Crippen MR) is 251 cm³/mol. The Morgan fingerprint density at radius 1 is 0.397 bits per heavy atom. The van der Waals surface area contributed by atoms with Crippen molar-refractivity contribution in [2.45, 2.75) is 245 Å². The number of carbonyl (C=O) groups excluding carboxylic acids is 2.